The summed E-state index contributed by atoms with van der Waals surface area (Å²) in [5.41, 5.74) is 3.96. The molecule has 1 heteroatoms. The van der Waals surface area contributed by atoms with Crippen molar-refractivity contribution in [1.82, 2.24) is 4.90 Å². The highest BCUT2D eigenvalue weighted by atomic mass is 15.1. The van der Waals surface area contributed by atoms with E-state index < -0.39 is 0 Å². The van der Waals surface area contributed by atoms with Gasteiger partial charge in [-0.3, -0.25) is 0 Å². The fourth-order valence-corrected chi connectivity index (χ4v) is 1.60. The van der Waals surface area contributed by atoms with E-state index >= 15 is 0 Å². The zero-order valence-electron chi connectivity index (χ0n) is 10.1. The highest BCUT2D eigenvalue weighted by Gasteiger charge is 2.01. The molecule has 0 N–H and O–H groups in total. The molecule has 0 aliphatic rings. The molecule has 82 valence electrons. The Morgan fingerprint density at radius 2 is 1.93 bits per heavy atom. The minimum absolute atomic E-state index is 0.959. The van der Waals surface area contributed by atoms with E-state index in [1.807, 2.05) is 0 Å². The van der Waals surface area contributed by atoms with Crippen LogP contribution in [-0.4, -0.2) is 11.9 Å². The molecule has 0 atom stereocenters. The quantitative estimate of drug-likeness (QED) is 0.706. The van der Waals surface area contributed by atoms with Crippen LogP contribution >= 0.6 is 0 Å². The third-order valence-electron chi connectivity index (χ3n) is 2.77. The van der Waals surface area contributed by atoms with Gasteiger partial charge in [0.2, 0.25) is 0 Å². The Hall–Kier alpha value is -1.24. The van der Waals surface area contributed by atoms with Crippen molar-refractivity contribution in [2.75, 3.05) is 7.05 Å². The van der Waals surface area contributed by atoms with Gasteiger partial charge in [-0.25, -0.2) is 0 Å². The van der Waals surface area contributed by atoms with Crippen LogP contribution in [0.5, 0.6) is 0 Å². The fraction of sp³-hybridized carbons (Fsp3) is 0.429. The maximum atomic E-state index is 4.04. The first-order valence-corrected chi connectivity index (χ1v) is 5.64. The van der Waals surface area contributed by atoms with Crippen LogP contribution in [0.15, 0.2) is 36.5 Å². The third kappa shape index (κ3) is 3.43. The van der Waals surface area contributed by atoms with Gasteiger partial charge in [0.05, 0.1) is 0 Å². The van der Waals surface area contributed by atoms with Crippen LogP contribution in [0.4, 0.5) is 0 Å². The van der Waals surface area contributed by atoms with E-state index in [4.69, 9.17) is 0 Å². The zero-order valence-corrected chi connectivity index (χ0v) is 10.1. The van der Waals surface area contributed by atoms with Crippen molar-refractivity contribution in [3.63, 3.8) is 0 Å². The lowest BCUT2D eigenvalue weighted by Gasteiger charge is -2.21. The molecule has 0 saturated heterocycles. The molecule has 0 unspecified atom stereocenters. The number of benzene rings is 1. The van der Waals surface area contributed by atoms with Crippen molar-refractivity contribution < 1.29 is 0 Å². The molecule has 1 rings (SSSR count). The first-order valence-electron chi connectivity index (χ1n) is 5.64. The molecular formula is C14H21N. The van der Waals surface area contributed by atoms with Crippen molar-refractivity contribution in [1.29, 1.82) is 0 Å². The van der Waals surface area contributed by atoms with Crippen molar-refractivity contribution in [2.24, 2.45) is 0 Å². The summed E-state index contributed by atoms with van der Waals surface area (Å²) in [6.07, 6.45) is 2.12. The van der Waals surface area contributed by atoms with Gasteiger partial charge in [-0.2, -0.15) is 0 Å². The second-order valence-corrected chi connectivity index (χ2v) is 3.95. The predicted octanol–water partition coefficient (Wildman–Crippen LogP) is 3.60. The Morgan fingerprint density at radius 1 is 1.27 bits per heavy atom. The summed E-state index contributed by atoms with van der Waals surface area (Å²) in [4.78, 5) is 2.22. The molecular weight excluding hydrogens is 182 g/mol. The smallest absolute Gasteiger partial charge is 0.0423 e. The summed E-state index contributed by atoms with van der Waals surface area (Å²) in [6.45, 7) is 9.33. The summed E-state index contributed by atoms with van der Waals surface area (Å²) >= 11 is 0. The maximum Gasteiger partial charge on any atom is 0.0423 e. The molecule has 0 bridgehead atoms. The largest absolute Gasteiger partial charge is 0.374 e. The van der Waals surface area contributed by atoms with Crippen LogP contribution < -0.4 is 0 Å². The number of hydrogen-bond donors (Lipinski definition) is 0. The monoisotopic (exact) mass is 203 g/mol. The molecule has 0 aliphatic heterocycles. The van der Waals surface area contributed by atoms with Crippen molar-refractivity contribution in [3.8, 4) is 0 Å². The lowest BCUT2D eigenvalue weighted by atomic mass is 10.1. The lowest BCUT2D eigenvalue weighted by molar-refractivity contribution is 0.401. The average Bonchev–Trinajstić information content (AvgIpc) is 2.28. The fourth-order valence-electron chi connectivity index (χ4n) is 1.60. The molecule has 0 amide bonds. The second-order valence-electron chi connectivity index (χ2n) is 3.95. The molecule has 0 saturated carbocycles. The number of rotatable bonds is 5. The number of aryl methyl sites for hydroxylation is 1. The summed E-state index contributed by atoms with van der Waals surface area (Å²) in [7, 11) is 2.10. The Kier molecular flexibility index (Phi) is 4.41. The Morgan fingerprint density at radius 3 is 2.53 bits per heavy atom. The van der Waals surface area contributed by atoms with Gasteiger partial charge in [0.25, 0.3) is 0 Å². The molecule has 1 nitrogen and oxygen atoms in total. The second kappa shape index (κ2) is 5.59. The molecule has 1 aromatic rings. The minimum Gasteiger partial charge on any atom is -0.374 e. The van der Waals surface area contributed by atoms with Gasteiger partial charge >= 0.3 is 0 Å². The van der Waals surface area contributed by atoms with Gasteiger partial charge < -0.3 is 4.90 Å². The van der Waals surface area contributed by atoms with E-state index in [2.05, 4.69) is 56.6 Å². The normalized spacial score (nSPS) is 10.1. The van der Waals surface area contributed by atoms with E-state index in [1.54, 1.807) is 0 Å². The molecule has 0 spiro atoms. The summed E-state index contributed by atoms with van der Waals surface area (Å²) < 4.78 is 0. The van der Waals surface area contributed by atoms with E-state index in [1.165, 1.54) is 16.8 Å². The van der Waals surface area contributed by atoms with Gasteiger partial charge in [0.15, 0.2) is 0 Å². The topological polar surface area (TPSA) is 3.24 Å². The first kappa shape index (κ1) is 11.8. The van der Waals surface area contributed by atoms with Gasteiger partial charge in [0, 0.05) is 19.3 Å². The van der Waals surface area contributed by atoms with E-state index in [0.29, 0.717) is 0 Å². The van der Waals surface area contributed by atoms with Crippen LogP contribution in [0.3, 0.4) is 0 Å². The molecule has 15 heavy (non-hydrogen) atoms. The summed E-state index contributed by atoms with van der Waals surface area (Å²) in [6, 6.07) is 8.77. The Bertz CT molecular complexity index is 328. The Labute approximate surface area is 93.4 Å². The van der Waals surface area contributed by atoms with E-state index in [-0.39, 0.29) is 0 Å². The van der Waals surface area contributed by atoms with Crippen LogP contribution in [0.1, 0.15) is 31.4 Å². The van der Waals surface area contributed by atoms with Crippen LogP contribution in [0.25, 0.3) is 0 Å². The average molecular weight is 203 g/mol. The molecule has 0 radical (unpaired) electrons. The van der Waals surface area contributed by atoms with Crippen LogP contribution in [0.2, 0.25) is 0 Å². The standard InChI is InChI=1S/C14H21N/c1-5-12(3)15(4)11-14-9-7-8-13(6-2)10-14/h7-10H,3,5-6,11H2,1-2,4H3. The molecule has 0 fully saturated rings. The zero-order chi connectivity index (χ0) is 11.3. The molecule has 0 heterocycles. The highest BCUT2D eigenvalue weighted by Crippen LogP contribution is 2.12. The van der Waals surface area contributed by atoms with Gasteiger partial charge in [-0.1, -0.05) is 44.7 Å². The number of nitrogens with zero attached hydrogens (tertiary/aromatic N) is 1. The highest BCUT2D eigenvalue weighted by molar-refractivity contribution is 5.23. The van der Waals surface area contributed by atoms with Crippen LogP contribution in [-0.2, 0) is 13.0 Å². The van der Waals surface area contributed by atoms with Crippen molar-refractivity contribution >= 4 is 0 Å². The first-order chi connectivity index (χ1) is 7.17. The van der Waals surface area contributed by atoms with Gasteiger partial charge in [-0.15, -0.1) is 0 Å². The molecule has 0 aromatic heterocycles. The summed E-state index contributed by atoms with van der Waals surface area (Å²) in [5, 5.41) is 0. The van der Waals surface area contributed by atoms with Gasteiger partial charge in [0.1, 0.15) is 0 Å². The van der Waals surface area contributed by atoms with Crippen molar-refractivity contribution in [3.05, 3.63) is 47.7 Å². The van der Waals surface area contributed by atoms with E-state index in [9.17, 15) is 0 Å². The van der Waals surface area contributed by atoms with Gasteiger partial charge in [-0.05, 0) is 24.0 Å². The number of allylic oxidation sites excluding steroid dienone is 1. The van der Waals surface area contributed by atoms with E-state index in [0.717, 1.165) is 19.4 Å². The molecule has 1 aromatic carbocycles. The SMILES string of the molecule is C=C(CC)N(C)Cc1cccc(CC)c1. The Balaban J connectivity index is 2.67. The molecule has 0 aliphatic carbocycles. The lowest BCUT2D eigenvalue weighted by Crippen LogP contribution is -2.15. The van der Waals surface area contributed by atoms with Crippen molar-refractivity contribution in [2.45, 2.75) is 33.2 Å². The number of hydrogen-bond acceptors (Lipinski definition) is 1. The maximum absolute atomic E-state index is 4.04. The predicted molar refractivity (Wildman–Crippen MR) is 66.7 cm³/mol. The minimum atomic E-state index is 0.959. The summed E-state index contributed by atoms with van der Waals surface area (Å²) in [5.74, 6) is 0. The van der Waals surface area contributed by atoms with Crippen LogP contribution in [0, 0.1) is 0 Å². The third-order valence-corrected chi connectivity index (χ3v) is 2.77.